The summed E-state index contributed by atoms with van der Waals surface area (Å²) in [6.45, 7) is 2.65. The van der Waals surface area contributed by atoms with Crippen molar-refractivity contribution < 1.29 is 9.32 Å². The van der Waals surface area contributed by atoms with Crippen LogP contribution in [-0.2, 0) is 6.54 Å². The fourth-order valence-electron chi connectivity index (χ4n) is 4.85. The molecule has 2 aliphatic rings. The molecule has 1 aromatic heterocycles. The fraction of sp³-hybridized carbons (Fsp3) is 0.231. The standard InChI is InChI=1S/C26H23N3O2/c30-25-18-11-5-6-12-19(18)26-23-22(25)20(27-16-17-9-3-1-4-10-17)15-21(24(23)28-31-26)29-13-7-2-8-14-29/h1,3-6,9-12,15,27H,2,7-8,13-14,16H2. The maximum atomic E-state index is 13.6. The van der Waals surface area contributed by atoms with Crippen LogP contribution in [0.5, 0.6) is 0 Å². The normalized spacial score (nSPS) is 15.2. The number of anilines is 2. The Morgan fingerprint density at radius 3 is 2.48 bits per heavy atom. The lowest BCUT2D eigenvalue weighted by Gasteiger charge is -2.30. The van der Waals surface area contributed by atoms with Gasteiger partial charge in [-0.25, -0.2) is 0 Å². The molecule has 2 heterocycles. The maximum absolute atomic E-state index is 13.6. The molecule has 1 saturated heterocycles. The SMILES string of the molecule is O=C1c2ccccc2-c2onc3c(N4CCCCC4)cc(NCc4ccccc4)c1c23. The third-order valence-electron chi connectivity index (χ3n) is 6.40. The monoisotopic (exact) mass is 409 g/mol. The van der Waals surface area contributed by atoms with Crippen LogP contribution in [-0.4, -0.2) is 24.0 Å². The molecule has 6 rings (SSSR count). The predicted octanol–water partition coefficient (Wildman–Crippen LogP) is 5.64. The molecule has 4 aromatic rings. The number of piperidine rings is 1. The third kappa shape index (κ3) is 2.92. The molecule has 1 fully saturated rings. The van der Waals surface area contributed by atoms with Gasteiger partial charge in [-0.05, 0) is 30.9 Å². The highest BCUT2D eigenvalue weighted by Gasteiger charge is 2.33. The lowest BCUT2D eigenvalue weighted by atomic mass is 9.86. The van der Waals surface area contributed by atoms with E-state index in [9.17, 15) is 4.79 Å². The topological polar surface area (TPSA) is 58.4 Å². The van der Waals surface area contributed by atoms with Crippen molar-refractivity contribution in [1.29, 1.82) is 0 Å². The zero-order valence-electron chi connectivity index (χ0n) is 17.2. The largest absolute Gasteiger partial charge is 0.380 e. The molecule has 0 unspecified atom stereocenters. The summed E-state index contributed by atoms with van der Waals surface area (Å²) in [5.74, 6) is 0.721. The number of ketones is 1. The Morgan fingerprint density at radius 1 is 0.935 bits per heavy atom. The van der Waals surface area contributed by atoms with E-state index >= 15 is 0 Å². The predicted molar refractivity (Wildman–Crippen MR) is 123 cm³/mol. The van der Waals surface area contributed by atoms with Crippen molar-refractivity contribution >= 4 is 28.1 Å². The second-order valence-corrected chi connectivity index (χ2v) is 8.32. The smallest absolute Gasteiger partial charge is 0.196 e. The van der Waals surface area contributed by atoms with Gasteiger partial charge in [-0.15, -0.1) is 0 Å². The lowest BCUT2D eigenvalue weighted by molar-refractivity contribution is 0.104. The van der Waals surface area contributed by atoms with E-state index in [0.717, 1.165) is 40.9 Å². The van der Waals surface area contributed by atoms with Crippen molar-refractivity contribution in [3.05, 3.63) is 77.4 Å². The van der Waals surface area contributed by atoms with E-state index in [4.69, 9.17) is 4.52 Å². The van der Waals surface area contributed by atoms with Crippen LogP contribution in [0.15, 0.2) is 65.2 Å². The number of carbonyl (C=O) groups excluding carboxylic acids is 1. The van der Waals surface area contributed by atoms with E-state index in [2.05, 4.69) is 33.6 Å². The minimum Gasteiger partial charge on any atom is -0.380 e. The van der Waals surface area contributed by atoms with Gasteiger partial charge >= 0.3 is 0 Å². The van der Waals surface area contributed by atoms with Crippen molar-refractivity contribution in [2.24, 2.45) is 0 Å². The Hall–Kier alpha value is -3.60. The molecule has 31 heavy (non-hydrogen) atoms. The lowest BCUT2D eigenvalue weighted by Crippen LogP contribution is -2.30. The van der Waals surface area contributed by atoms with E-state index in [-0.39, 0.29) is 5.78 Å². The summed E-state index contributed by atoms with van der Waals surface area (Å²) in [4.78, 5) is 16.0. The second kappa shape index (κ2) is 7.27. The number of aromatic nitrogens is 1. The fourth-order valence-corrected chi connectivity index (χ4v) is 4.85. The summed E-state index contributed by atoms with van der Waals surface area (Å²) in [5.41, 5.74) is 6.02. The van der Waals surface area contributed by atoms with Crippen molar-refractivity contribution in [1.82, 2.24) is 5.16 Å². The molecular weight excluding hydrogens is 386 g/mol. The van der Waals surface area contributed by atoms with Gasteiger partial charge in [0.2, 0.25) is 0 Å². The van der Waals surface area contributed by atoms with Crippen LogP contribution in [0.2, 0.25) is 0 Å². The molecular formula is C26H23N3O2. The zero-order valence-corrected chi connectivity index (χ0v) is 17.2. The molecule has 0 radical (unpaired) electrons. The third-order valence-corrected chi connectivity index (χ3v) is 6.40. The number of benzene rings is 3. The second-order valence-electron chi connectivity index (χ2n) is 8.32. The molecule has 0 bridgehead atoms. The minimum absolute atomic E-state index is 0.0251. The summed E-state index contributed by atoms with van der Waals surface area (Å²) < 4.78 is 5.86. The summed E-state index contributed by atoms with van der Waals surface area (Å²) >= 11 is 0. The highest BCUT2D eigenvalue weighted by atomic mass is 16.5. The average molecular weight is 409 g/mol. The Labute approximate surface area is 180 Å². The molecule has 5 nitrogen and oxygen atoms in total. The minimum atomic E-state index is 0.0251. The number of rotatable bonds is 4. The molecule has 0 atom stereocenters. The number of hydrogen-bond donors (Lipinski definition) is 1. The van der Waals surface area contributed by atoms with E-state index < -0.39 is 0 Å². The first-order chi connectivity index (χ1) is 15.3. The van der Waals surface area contributed by atoms with Crippen LogP contribution in [0.25, 0.3) is 22.2 Å². The van der Waals surface area contributed by atoms with Crippen LogP contribution in [0.4, 0.5) is 11.4 Å². The molecule has 5 heteroatoms. The first-order valence-corrected chi connectivity index (χ1v) is 10.9. The van der Waals surface area contributed by atoms with Gasteiger partial charge in [0.05, 0.1) is 16.6 Å². The summed E-state index contributed by atoms with van der Waals surface area (Å²) in [6, 6.07) is 20.0. The van der Waals surface area contributed by atoms with E-state index in [1.54, 1.807) is 0 Å². The molecule has 0 saturated carbocycles. The first kappa shape index (κ1) is 18.2. The molecule has 1 aliphatic heterocycles. The highest BCUT2D eigenvalue weighted by molar-refractivity contribution is 6.28. The molecule has 3 aromatic carbocycles. The van der Waals surface area contributed by atoms with Gasteiger partial charge < -0.3 is 14.7 Å². The quantitative estimate of drug-likeness (QED) is 0.416. The van der Waals surface area contributed by atoms with E-state index in [0.29, 0.717) is 23.4 Å². The van der Waals surface area contributed by atoms with Crippen molar-refractivity contribution in [3.63, 3.8) is 0 Å². The van der Waals surface area contributed by atoms with Crippen LogP contribution in [0.3, 0.4) is 0 Å². The van der Waals surface area contributed by atoms with Gasteiger partial charge in [-0.2, -0.15) is 0 Å². The van der Waals surface area contributed by atoms with Crippen LogP contribution in [0.1, 0.15) is 40.7 Å². The molecule has 0 amide bonds. The molecule has 1 N–H and O–H groups in total. The first-order valence-electron chi connectivity index (χ1n) is 10.9. The average Bonchev–Trinajstić information content (AvgIpc) is 3.28. The summed E-state index contributed by atoms with van der Waals surface area (Å²) in [6.07, 6.45) is 3.59. The summed E-state index contributed by atoms with van der Waals surface area (Å²) in [5, 5.41) is 8.84. The molecule has 154 valence electrons. The Balaban J connectivity index is 1.55. The highest BCUT2D eigenvalue weighted by Crippen LogP contribution is 2.46. The van der Waals surface area contributed by atoms with Crippen molar-refractivity contribution in [2.75, 3.05) is 23.3 Å². The van der Waals surface area contributed by atoms with E-state index in [1.807, 2.05) is 42.5 Å². The number of carbonyl (C=O) groups is 1. The Morgan fingerprint density at radius 2 is 1.68 bits per heavy atom. The van der Waals surface area contributed by atoms with Gasteiger partial charge in [0.25, 0.3) is 0 Å². The van der Waals surface area contributed by atoms with Crippen molar-refractivity contribution in [2.45, 2.75) is 25.8 Å². The number of fused-ring (bicyclic) bond motifs is 2. The van der Waals surface area contributed by atoms with Crippen molar-refractivity contribution in [3.8, 4) is 11.3 Å². The van der Waals surface area contributed by atoms with Crippen LogP contribution in [0, 0.1) is 0 Å². The summed E-state index contributed by atoms with van der Waals surface area (Å²) in [7, 11) is 0. The maximum Gasteiger partial charge on any atom is 0.196 e. The Bertz CT molecular complexity index is 1290. The van der Waals surface area contributed by atoms with Gasteiger partial charge in [-0.3, -0.25) is 4.79 Å². The van der Waals surface area contributed by atoms with Gasteiger partial charge in [0, 0.05) is 36.4 Å². The molecule has 1 aliphatic carbocycles. The van der Waals surface area contributed by atoms with Gasteiger partial charge in [0.15, 0.2) is 11.5 Å². The van der Waals surface area contributed by atoms with Gasteiger partial charge in [-0.1, -0.05) is 59.8 Å². The number of nitrogens with zero attached hydrogens (tertiary/aromatic N) is 2. The van der Waals surface area contributed by atoms with Crippen LogP contribution < -0.4 is 10.2 Å². The number of hydrogen-bond acceptors (Lipinski definition) is 5. The number of nitrogens with one attached hydrogen (secondary N) is 1. The molecule has 0 spiro atoms. The Kier molecular flexibility index (Phi) is 4.27. The van der Waals surface area contributed by atoms with E-state index in [1.165, 1.54) is 24.8 Å². The zero-order chi connectivity index (χ0) is 20.8. The van der Waals surface area contributed by atoms with Crippen LogP contribution >= 0.6 is 0 Å². The van der Waals surface area contributed by atoms with Gasteiger partial charge in [0.1, 0.15) is 5.52 Å².